The van der Waals surface area contributed by atoms with Gasteiger partial charge in [0.2, 0.25) is 0 Å². The number of benzene rings is 2. The summed E-state index contributed by atoms with van der Waals surface area (Å²) in [7, 11) is 1.63. The van der Waals surface area contributed by atoms with Gasteiger partial charge in [-0.3, -0.25) is 9.59 Å². The molecule has 0 bridgehead atoms. The first kappa shape index (κ1) is 26.5. The Labute approximate surface area is 209 Å². The van der Waals surface area contributed by atoms with Gasteiger partial charge in [-0.2, -0.15) is 0 Å². The van der Waals surface area contributed by atoms with Crippen molar-refractivity contribution in [2.24, 2.45) is 0 Å². The fourth-order valence-electron chi connectivity index (χ4n) is 4.68. The number of aryl methyl sites for hydroxylation is 1. The van der Waals surface area contributed by atoms with E-state index < -0.39 is 17.7 Å². The molecule has 0 spiro atoms. The molecule has 5 heteroatoms. The van der Waals surface area contributed by atoms with Crippen molar-refractivity contribution in [3.63, 3.8) is 0 Å². The molecule has 3 rings (SSSR count). The summed E-state index contributed by atoms with van der Waals surface area (Å²) in [5.41, 5.74) is 4.40. The Morgan fingerprint density at radius 1 is 1.11 bits per heavy atom. The number of methoxy groups -OCH3 is 1. The number of rotatable bonds is 7. The van der Waals surface area contributed by atoms with Gasteiger partial charge < -0.3 is 14.7 Å². The number of ether oxygens (including phenoxy) is 1. The molecule has 1 heterocycles. The second-order valence-electron chi connectivity index (χ2n) is 10.8. The van der Waals surface area contributed by atoms with Crippen LogP contribution in [-0.4, -0.2) is 35.4 Å². The van der Waals surface area contributed by atoms with E-state index in [0.29, 0.717) is 12.1 Å². The molecule has 1 amide bonds. The third kappa shape index (κ3) is 5.14. The molecule has 0 aliphatic carbocycles. The average Bonchev–Trinajstić information content (AvgIpc) is 3.06. The standard InChI is InChI=1S/C30H39NO4/c1-9-10-15-31-26(20-11-13-21(14-12-20)30(5,6)7)25(28(33)29(31)34)27(32)23-17-22(18(2)3)24(35-8)16-19(23)4/h11-14,16-18,26,32H,9-10,15H2,1-8H3/b27-25+. The number of hydrogen-bond donors (Lipinski definition) is 1. The molecule has 2 aromatic rings. The molecule has 35 heavy (non-hydrogen) atoms. The van der Waals surface area contributed by atoms with Gasteiger partial charge >= 0.3 is 0 Å². The normalized spacial score (nSPS) is 18.0. The summed E-state index contributed by atoms with van der Waals surface area (Å²) in [6.07, 6.45) is 1.68. The van der Waals surface area contributed by atoms with Crippen LogP contribution in [0.3, 0.4) is 0 Å². The smallest absolute Gasteiger partial charge is 0.295 e. The van der Waals surface area contributed by atoms with Crippen molar-refractivity contribution in [3.8, 4) is 5.75 Å². The maximum absolute atomic E-state index is 13.3. The molecule has 1 fully saturated rings. The molecular weight excluding hydrogens is 438 g/mol. The summed E-state index contributed by atoms with van der Waals surface area (Å²) >= 11 is 0. The Morgan fingerprint density at radius 2 is 1.74 bits per heavy atom. The summed E-state index contributed by atoms with van der Waals surface area (Å²) in [5.74, 6) is -0.421. The zero-order valence-corrected chi connectivity index (χ0v) is 22.4. The number of aliphatic hydroxyl groups excluding tert-OH is 1. The number of unbranched alkanes of at least 4 members (excludes halogenated alkanes) is 1. The molecule has 188 valence electrons. The minimum absolute atomic E-state index is 0.0179. The molecule has 1 N–H and O–H groups in total. The van der Waals surface area contributed by atoms with Crippen molar-refractivity contribution >= 4 is 17.4 Å². The molecule has 0 saturated carbocycles. The first-order valence-corrected chi connectivity index (χ1v) is 12.5. The number of ketones is 1. The first-order chi connectivity index (χ1) is 16.4. The topological polar surface area (TPSA) is 66.8 Å². The average molecular weight is 478 g/mol. The van der Waals surface area contributed by atoms with Gasteiger partial charge in [0.1, 0.15) is 11.5 Å². The maximum Gasteiger partial charge on any atom is 0.295 e. The van der Waals surface area contributed by atoms with E-state index in [9.17, 15) is 14.7 Å². The number of nitrogens with zero attached hydrogens (tertiary/aromatic N) is 1. The van der Waals surface area contributed by atoms with Crippen molar-refractivity contribution in [3.05, 3.63) is 69.8 Å². The maximum atomic E-state index is 13.3. The summed E-state index contributed by atoms with van der Waals surface area (Å²) in [6, 6.07) is 11.2. The monoisotopic (exact) mass is 477 g/mol. The number of Topliss-reactive ketones (excluding diaryl/α,β-unsaturated/α-hetero) is 1. The zero-order chi connectivity index (χ0) is 26.1. The van der Waals surface area contributed by atoms with Crippen LogP contribution in [0.15, 0.2) is 42.0 Å². The Hall–Kier alpha value is -3.08. The molecule has 0 radical (unpaired) electrons. The molecule has 2 aromatic carbocycles. The summed E-state index contributed by atoms with van der Waals surface area (Å²) in [4.78, 5) is 28.1. The SMILES string of the molecule is CCCCN1C(=O)C(=O)/C(=C(/O)c2cc(C(C)C)c(OC)cc2C)C1c1ccc(C(C)(C)C)cc1. The molecular formula is C30H39NO4. The van der Waals surface area contributed by atoms with Crippen LogP contribution in [0.4, 0.5) is 0 Å². The van der Waals surface area contributed by atoms with Crippen LogP contribution < -0.4 is 4.74 Å². The van der Waals surface area contributed by atoms with E-state index in [1.165, 1.54) is 5.56 Å². The molecule has 1 saturated heterocycles. The lowest BCUT2D eigenvalue weighted by molar-refractivity contribution is -0.139. The van der Waals surface area contributed by atoms with E-state index in [0.717, 1.165) is 35.3 Å². The fraction of sp³-hybridized carbons (Fsp3) is 0.467. The van der Waals surface area contributed by atoms with Gasteiger partial charge in [-0.1, -0.05) is 72.2 Å². The van der Waals surface area contributed by atoms with Gasteiger partial charge in [0.05, 0.1) is 18.7 Å². The van der Waals surface area contributed by atoms with Crippen LogP contribution in [0.5, 0.6) is 5.75 Å². The highest BCUT2D eigenvalue weighted by Crippen LogP contribution is 2.42. The van der Waals surface area contributed by atoms with Crippen LogP contribution in [0.2, 0.25) is 0 Å². The number of likely N-dealkylation sites (tertiary alicyclic amines) is 1. The minimum atomic E-state index is -0.634. The van der Waals surface area contributed by atoms with Gasteiger partial charge in [0.15, 0.2) is 0 Å². The van der Waals surface area contributed by atoms with E-state index in [1.807, 2.05) is 43.3 Å². The highest BCUT2D eigenvalue weighted by atomic mass is 16.5. The number of hydrogen-bond acceptors (Lipinski definition) is 4. The first-order valence-electron chi connectivity index (χ1n) is 12.5. The van der Waals surface area contributed by atoms with E-state index in [-0.39, 0.29) is 22.7 Å². The Balaban J connectivity index is 2.23. The highest BCUT2D eigenvalue weighted by Gasteiger charge is 2.46. The van der Waals surface area contributed by atoms with Crippen molar-refractivity contribution in [2.45, 2.75) is 78.7 Å². The Bertz CT molecular complexity index is 1140. The van der Waals surface area contributed by atoms with Crippen LogP contribution >= 0.6 is 0 Å². The summed E-state index contributed by atoms with van der Waals surface area (Å²) in [5, 5.41) is 11.6. The third-order valence-corrected chi connectivity index (χ3v) is 6.84. The molecule has 1 atom stereocenters. The minimum Gasteiger partial charge on any atom is -0.507 e. The second-order valence-corrected chi connectivity index (χ2v) is 10.8. The van der Waals surface area contributed by atoms with Crippen LogP contribution in [0.1, 0.15) is 94.2 Å². The predicted molar refractivity (Wildman–Crippen MR) is 141 cm³/mol. The lowest BCUT2D eigenvalue weighted by atomic mass is 9.85. The molecule has 1 aliphatic rings. The van der Waals surface area contributed by atoms with Crippen molar-refractivity contribution in [1.82, 2.24) is 4.90 Å². The van der Waals surface area contributed by atoms with E-state index in [4.69, 9.17) is 4.74 Å². The Morgan fingerprint density at radius 3 is 2.26 bits per heavy atom. The van der Waals surface area contributed by atoms with Crippen molar-refractivity contribution in [2.75, 3.05) is 13.7 Å². The van der Waals surface area contributed by atoms with Crippen LogP contribution in [0, 0.1) is 6.92 Å². The van der Waals surface area contributed by atoms with Gasteiger partial charge in [0, 0.05) is 12.1 Å². The molecule has 0 aromatic heterocycles. The quantitative estimate of drug-likeness (QED) is 0.276. The largest absolute Gasteiger partial charge is 0.507 e. The molecule has 1 aliphatic heterocycles. The number of carbonyl (C=O) groups is 2. The number of amides is 1. The highest BCUT2D eigenvalue weighted by molar-refractivity contribution is 6.46. The Kier molecular flexibility index (Phi) is 7.78. The van der Waals surface area contributed by atoms with E-state index in [2.05, 4.69) is 41.5 Å². The lowest BCUT2D eigenvalue weighted by Gasteiger charge is -2.26. The predicted octanol–water partition coefficient (Wildman–Crippen LogP) is 6.65. The lowest BCUT2D eigenvalue weighted by Crippen LogP contribution is -2.30. The molecule has 1 unspecified atom stereocenters. The van der Waals surface area contributed by atoms with E-state index >= 15 is 0 Å². The van der Waals surface area contributed by atoms with Crippen molar-refractivity contribution in [1.29, 1.82) is 0 Å². The van der Waals surface area contributed by atoms with Crippen molar-refractivity contribution < 1.29 is 19.4 Å². The van der Waals surface area contributed by atoms with Gasteiger partial charge in [-0.15, -0.1) is 0 Å². The van der Waals surface area contributed by atoms with E-state index in [1.54, 1.807) is 12.0 Å². The molecule has 5 nitrogen and oxygen atoms in total. The van der Waals surface area contributed by atoms with Gasteiger partial charge in [0.25, 0.3) is 11.7 Å². The third-order valence-electron chi connectivity index (χ3n) is 6.84. The zero-order valence-electron chi connectivity index (χ0n) is 22.4. The van der Waals surface area contributed by atoms with Gasteiger partial charge in [-0.25, -0.2) is 0 Å². The summed E-state index contributed by atoms with van der Waals surface area (Å²) < 4.78 is 5.55. The number of carbonyl (C=O) groups excluding carboxylic acids is 2. The van der Waals surface area contributed by atoms with Crippen LogP contribution in [0.25, 0.3) is 5.76 Å². The number of aliphatic hydroxyl groups is 1. The van der Waals surface area contributed by atoms with Gasteiger partial charge in [-0.05, 0) is 59.1 Å². The fourth-order valence-corrected chi connectivity index (χ4v) is 4.68. The summed E-state index contributed by atoms with van der Waals surface area (Å²) in [6.45, 7) is 14.9. The van der Waals surface area contributed by atoms with Crippen LogP contribution in [-0.2, 0) is 15.0 Å². The second kappa shape index (κ2) is 10.3.